The van der Waals surface area contributed by atoms with Gasteiger partial charge in [-0.15, -0.1) is 11.3 Å². The molecule has 0 bridgehead atoms. The van der Waals surface area contributed by atoms with Crippen LogP contribution in [0.3, 0.4) is 0 Å². The smallest absolute Gasteiger partial charge is 0.226 e. The molecule has 0 spiro atoms. The molecule has 0 aliphatic carbocycles. The standard InChI is InChI=1S/C15H20N2OS/c1-10(11(2)16)15(18)17(3)8-12-9-19-14-7-5-4-6-13(12)14/h4-7,9-11H,8,16H2,1-3H3. The van der Waals surface area contributed by atoms with E-state index in [2.05, 4.69) is 17.5 Å². The summed E-state index contributed by atoms with van der Waals surface area (Å²) in [7, 11) is 1.84. The highest BCUT2D eigenvalue weighted by Gasteiger charge is 2.21. The van der Waals surface area contributed by atoms with Crippen molar-refractivity contribution in [2.45, 2.75) is 26.4 Å². The summed E-state index contributed by atoms with van der Waals surface area (Å²) in [5, 5.41) is 3.37. The topological polar surface area (TPSA) is 46.3 Å². The van der Waals surface area contributed by atoms with Crippen molar-refractivity contribution >= 4 is 27.3 Å². The lowest BCUT2D eigenvalue weighted by Crippen LogP contribution is -2.39. The maximum absolute atomic E-state index is 12.2. The third-order valence-corrected chi connectivity index (χ3v) is 4.54. The number of amides is 1. The quantitative estimate of drug-likeness (QED) is 0.933. The molecule has 1 aromatic heterocycles. The highest BCUT2D eigenvalue weighted by Crippen LogP contribution is 2.26. The molecule has 0 fully saturated rings. The lowest BCUT2D eigenvalue weighted by molar-refractivity contribution is -0.134. The second-order valence-electron chi connectivity index (χ2n) is 5.10. The van der Waals surface area contributed by atoms with Crippen molar-refractivity contribution in [1.29, 1.82) is 0 Å². The zero-order valence-corrected chi connectivity index (χ0v) is 12.4. The SMILES string of the molecule is CC(N)C(C)C(=O)N(C)Cc1csc2ccccc12. The molecule has 102 valence electrons. The van der Waals surface area contributed by atoms with Crippen LogP contribution in [-0.2, 0) is 11.3 Å². The first-order chi connectivity index (χ1) is 9.00. The molecule has 19 heavy (non-hydrogen) atoms. The summed E-state index contributed by atoms with van der Waals surface area (Å²) in [6.45, 7) is 4.39. The van der Waals surface area contributed by atoms with Crippen LogP contribution in [0.25, 0.3) is 10.1 Å². The molecule has 3 nitrogen and oxygen atoms in total. The monoisotopic (exact) mass is 276 g/mol. The van der Waals surface area contributed by atoms with Crippen LogP contribution in [0.5, 0.6) is 0 Å². The largest absolute Gasteiger partial charge is 0.341 e. The molecule has 2 aromatic rings. The Morgan fingerprint density at radius 2 is 2.05 bits per heavy atom. The van der Waals surface area contributed by atoms with Crippen molar-refractivity contribution in [2.75, 3.05) is 7.05 Å². The lowest BCUT2D eigenvalue weighted by atomic mass is 10.0. The summed E-state index contributed by atoms with van der Waals surface area (Å²) >= 11 is 1.72. The van der Waals surface area contributed by atoms with Gasteiger partial charge >= 0.3 is 0 Å². The minimum Gasteiger partial charge on any atom is -0.341 e. The van der Waals surface area contributed by atoms with Gasteiger partial charge in [0.15, 0.2) is 0 Å². The van der Waals surface area contributed by atoms with Gasteiger partial charge in [-0.2, -0.15) is 0 Å². The summed E-state index contributed by atoms with van der Waals surface area (Å²) < 4.78 is 1.26. The summed E-state index contributed by atoms with van der Waals surface area (Å²) in [6, 6.07) is 8.17. The number of fused-ring (bicyclic) bond motifs is 1. The van der Waals surface area contributed by atoms with Gasteiger partial charge in [-0.3, -0.25) is 4.79 Å². The van der Waals surface area contributed by atoms with Crippen LogP contribution in [0.2, 0.25) is 0 Å². The van der Waals surface area contributed by atoms with Crippen molar-refractivity contribution in [3.63, 3.8) is 0 Å². The van der Waals surface area contributed by atoms with Crippen molar-refractivity contribution in [3.05, 3.63) is 35.2 Å². The van der Waals surface area contributed by atoms with Gasteiger partial charge in [0.2, 0.25) is 5.91 Å². The Bertz CT molecular complexity index is 576. The van der Waals surface area contributed by atoms with Crippen LogP contribution in [0.1, 0.15) is 19.4 Å². The number of carbonyl (C=O) groups is 1. The first-order valence-electron chi connectivity index (χ1n) is 6.46. The fourth-order valence-corrected chi connectivity index (χ4v) is 3.02. The molecular weight excluding hydrogens is 256 g/mol. The molecule has 0 aliphatic heterocycles. The van der Waals surface area contributed by atoms with Gasteiger partial charge in [-0.25, -0.2) is 0 Å². The molecule has 0 saturated heterocycles. The molecule has 1 heterocycles. The van der Waals surface area contributed by atoms with Crippen molar-refractivity contribution in [1.82, 2.24) is 4.90 Å². The minimum absolute atomic E-state index is 0.102. The Morgan fingerprint density at radius 1 is 1.37 bits per heavy atom. The molecule has 2 unspecified atom stereocenters. The van der Waals surface area contributed by atoms with E-state index in [-0.39, 0.29) is 17.9 Å². The number of carbonyl (C=O) groups excluding carboxylic acids is 1. The second-order valence-corrected chi connectivity index (χ2v) is 6.01. The van der Waals surface area contributed by atoms with E-state index in [0.29, 0.717) is 6.54 Å². The number of benzene rings is 1. The predicted octanol–water partition coefficient (Wildman–Crippen LogP) is 2.84. The Morgan fingerprint density at radius 3 is 2.74 bits per heavy atom. The average Bonchev–Trinajstić information content (AvgIpc) is 2.80. The number of nitrogens with zero attached hydrogens (tertiary/aromatic N) is 1. The summed E-state index contributed by atoms with van der Waals surface area (Å²) in [5.41, 5.74) is 7.00. The summed E-state index contributed by atoms with van der Waals surface area (Å²) in [4.78, 5) is 14.0. The zero-order chi connectivity index (χ0) is 14.0. The first kappa shape index (κ1) is 14.0. The van der Waals surface area contributed by atoms with E-state index in [0.717, 1.165) is 0 Å². The molecule has 2 N–H and O–H groups in total. The molecule has 0 saturated carbocycles. The van der Waals surface area contributed by atoms with Crippen molar-refractivity contribution in [3.8, 4) is 0 Å². The Balaban J connectivity index is 2.15. The van der Waals surface area contributed by atoms with Gasteiger partial charge in [0.05, 0.1) is 5.92 Å². The lowest BCUT2D eigenvalue weighted by Gasteiger charge is -2.23. The molecule has 4 heteroatoms. The van der Waals surface area contributed by atoms with E-state index in [9.17, 15) is 4.79 Å². The molecule has 0 aliphatic rings. The van der Waals surface area contributed by atoms with Gasteiger partial charge in [0.25, 0.3) is 0 Å². The van der Waals surface area contributed by atoms with Gasteiger partial charge in [0.1, 0.15) is 0 Å². The average molecular weight is 276 g/mol. The van der Waals surface area contributed by atoms with E-state index >= 15 is 0 Å². The van der Waals surface area contributed by atoms with E-state index in [4.69, 9.17) is 5.73 Å². The van der Waals surface area contributed by atoms with E-state index in [1.165, 1.54) is 15.6 Å². The van der Waals surface area contributed by atoms with Crippen LogP contribution in [0.4, 0.5) is 0 Å². The molecule has 2 atom stereocenters. The number of rotatable bonds is 4. The predicted molar refractivity (Wildman–Crippen MR) is 81.1 cm³/mol. The Kier molecular flexibility index (Phi) is 4.22. The second kappa shape index (κ2) is 5.72. The Labute approximate surface area is 118 Å². The molecule has 0 radical (unpaired) electrons. The fourth-order valence-electron chi connectivity index (χ4n) is 2.06. The molecular formula is C15H20N2OS. The van der Waals surface area contributed by atoms with Crippen LogP contribution in [0, 0.1) is 5.92 Å². The van der Waals surface area contributed by atoms with Gasteiger partial charge in [-0.1, -0.05) is 25.1 Å². The minimum atomic E-state index is -0.144. The van der Waals surface area contributed by atoms with Gasteiger partial charge in [0, 0.05) is 24.3 Å². The molecule has 2 rings (SSSR count). The number of hydrogen-bond acceptors (Lipinski definition) is 3. The van der Waals surface area contributed by atoms with Crippen molar-refractivity contribution < 1.29 is 4.79 Å². The maximum atomic E-state index is 12.2. The maximum Gasteiger partial charge on any atom is 0.226 e. The van der Waals surface area contributed by atoms with Crippen molar-refractivity contribution in [2.24, 2.45) is 11.7 Å². The van der Waals surface area contributed by atoms with Crippen LogP contribution >= 0.6 is 11.3 Å². The van der Waals surface area contributed by atoms with Crippen LogP contribution in [-0.4, -0.2) is 23.9 Å². The number of hydrogen-bond donors (Lipinski definition) is 1. The zero-order valence-electron chi connectivity index (χ0n) is 11.6. The highest BCUT2D eigenvalue weighted by atomic mass is 32.1. The van der Waals surface area contributed by atoms with E-state index in [1.54, 1.807) is 16.2 Å². The number of thiophene rings is 1. The van der Waals surface area contributed by atoms with E-state index < -0.39 is 0 Å². The summed E-state index contributed by atoms with van der Waals surface area (Å²) in [5.74, 6) is -0.0415. The van der Waals surface area contributed by atoms with Gasteiger partial charge in [-0.05, 0) is 29.3 Å². The fraction of sp³-hybridized carbons (Fsp3) is 0.400. The van der Waals surface area contributed by atoms with Gasteiger partial charge < -0.3 is 10.6 Å². The highest BCUT2D eigenvalue weighted by molar-refractivity contribution is 7.17. The first-order valence-corrected chi connectivity index (χ1v) is 7.34. The summed E-state index contributed by atoms with van der Waals surface area (Å²) in [6.07, 6.45) is 0. The normalized spacial score (nSPS) is 14.3. The number of nitrogens with two attached hydrogens (primary N) is 1. The van der Waals surface area contributed by atoms with Crippen LogP contribution < -0.4 is 5.73 Å². The Hall–Kier alpha value is -1.39. The van der Waals surface area contributed by atoms with E-state index in [1.807, 2.05) is 33.0 Å². The molecule has 1 amide bonds. The molecule has 1 aromatic carbocycles. The van der Waals surface area contributed by atoms with Crippen LogP contribution in [0.15, 0.2) is 29.6 Å². The third kappa shape index (κ3) is 2.96. The third-order valence-electron chi connectivity index (χ3n) is 3.52.